The molecule has 160 valence electrons. The zero-order chi connectivity index (χ0) is 22.1. The van der Waals surface area contributed by atoms with Gasteiger partial charge < -0.3 is 19.4 Å². The van der Waals surface area contributed by atoms with E-state index >= 15 is 0 Å². The Bertz CT molecular complexity index is 1180. The summed E-state index contributed by atoms with van der Waals surface area (Å²) in [5, 5.41) is 27.2. The van der Waals surface area contributed by atoms with Crippen LogP contribution in [0.4, 0.5) is 11.6 Å². The van der Waals surface area contributed by atoms with Crippen molar-refractivity contribution >= 4 is 22.7 Å². The molecule has 10 nitrogen and oxygen atoms in total. The molecule has 0 aromatic carbocycles. The lowest BCUT2D eigenvalue weighted by molar-refractivity contribution is 0.182. The third kappa shape index (κ3) is 3.90. The van der Waals surface area contributed by atoms with Gasteiger partial charge in [-0.25, -0.2) is 9.67 Å². The van der Waals surface area contributed by atoms with E-state index in [-0.39, 0.29) is 18.1 Å². The summed E-state index contributed by atoms with van der Waals surface area (Å²) in [6, 6.07) is 5.80. The number of nitrogens with one attached hydrogen (secondary N) is 1. The van der Waals surface area contributed by atoms with Gasteiger partial charge in [-0.05, 0) is 26.8 Å². The van der Waals surface area contributed by atoms with Gasteiger partial charge in [0.1, 0.15) is 29.1 Å². The molecule has 1 aliphatic heterocycles. The number of hydrogen-bond donors (Lipinski definition) is 1. The Morgan fingerprint density at radius 3 is 2.74 bits per heavy atom. The first-order valence-electron chi connectivity index (χ1n) is 10.2. The molecule has 3 aromatic rings. The summed E-state index contributed by atoms with van der Waals surface area (Å²) >= 11 is 0. The van der Waals surface area contributed by atoms with Crippen molar-refractivity contribution in [1.82, 2.24) is 24.3 Å². The highest BCUT2D eigenvalue weighted by atomic mass is 16.5. The van der Waals surface area contributed by atoms with E-state index in [1.807, 2.05) is 18.4 Å². The van der Waals surface area contributed by atoms with E-state index in [0.29, 0.717) is 42.1 Å². The largest absolute Gasteiger partial charge is 0.472 e. The van der Waals surface area contributed by atoms with Crippen LogP contribution in [0.5, 0.6) is 5.88 Å². The third-order valence-corrected chi connectivity index (χ3v) is 5.22. The first-order valence-corrected chi connectivity index (χ1v) is 10.2. The van der Waals surface area contributed by atoms with Gasteiger partial charge in [-0.3, -0.25) is 0 Å². The van der Waals surface area contributed by atoms with Crippen molar-refractivity contribution in [3.05, 3.63) is 24.2 Å². The van der Waals surface area contributed by atoms with Crippen molar-refractivity contribution in [1.29, 1.82) is 10.5 Å². The van der Waals surface area contributed by atoms with Gasteiger partial charge in [0.05, 0.1) is 37.6 Å². The molecule has 1 aliphatic rings. The molecule has 1 N–H and O–H groups in total. The minimum atomic E-state index is -0.451. The number of rotatable bonds is 6. The zero-order valence-electron chi connectivity index (χ0n) is 17.9. The first-order chi connectivity index (χ1) is 14.9. The molecule has 0 saturated carbocycles. The summed E-state index contributed by atoms with van der Waals surface area (Å²) in [5.41, 5.74) is 1.76. The minimum absolute atomic E-state index is 0.0361. The maximum Gasteiger partial charge on any atom is 0.257 e. The average Bonchev–Trinajstić information content (AvgIpc) is 3.43. The van der Waals surface area contributed by atoms with Crippen molar-refractivity contribution < 1.29 is 9.47 Å². The Kier molecular flexibility index (Phi) is 5.49. The Morgan fingerprint density at radius 1 is 1.29 bits per heavy atom. The monoisotopic (exact) mass is 420 g/mol. The van der Waals surface area contributed by atoms with Crippen molar-refractivity contribution in [2.45, 2.75) is 45.9 Å². The lowest BCUT2D eigenvalue weighted by atomic mass is 10.1. The second kappa shape index (κ2) is 8.25. The van der Waals surface area contributed by atoms with E-state index in [4.69, 9.17) is 9.47 Å². The van der Waals surface area contributed by atoms with Crippen LogP contribution in [0.15, 0.2) is 18.5 Å². The molecule has 1 fully saturated rings. The van der Waals surface area contributed by atoms with Crippen molar-refractivity contribution in [3.8, 4) is 18.0 Å². The first kappa shape index (κ1) is 20.6. The Hall–Kier alpha value is -3.63. The number of ether oxygens (including phenoxy) is 2. The molecule has 0 bridgehead atoms. The van der Waals surface area contributed by atoms with Gasteiger partial charge in [0.2, 0.25) is 5.95 Å². The van der Waals surface area contributed by atoms with Crippen molar-refractivity contribution in [3.63, 3.8) is 0 Å². The lowest BCUT2D eigenvalue weighted by Crippen LogP contribution is -2.17. The predicted octanol–water partition coefficient (Wildman–Crippen LogP) is 3.32. The number of nitrogens with zero attached hydrogens (tertiary/aromatic N) is 7. The fourth-order valence-electron chi connectivity index (χ4n) is 3.62. The van der Waals surface area contributed by atoms with Crippen LogP contribution in [0.3, 0.4) is 0 Å². The standard InChI is InChI=1S/C21H24N8O2/c1-12(2)31-20-17(9-28(27-20)14(4)6-22)25-21-24-8-15-5-16(7-23)29(19(15)26-21)18-11-30-10-13(18)3/h5,8-9,12-14,18H,10-11H2,1-4H3,(H,24,25,26)/t13?,14-,18?/m0/s1. The maximum absolute atomic E-state index is 9.64. The molecule has 0 amide bonds. The Labute approximate surface area is 180 Å². The maximum atomic E-state index is 9.64. The van der Waals surface area contributed by atoms with E-state index in [9.17, 15) is 10.5 Å². The van der Waals surface area contributed by atoms with Crippen LogP contribution in [0.25, 0.3) is 11.0 Å². The van der Waals surface area contributed by atoms with Crippen molar-refractivity contribution in [2.24, 2.45) is 5.92 Å². The van der Waals surface area contributed by atoms with Crippen LogP contribution in [-0.2, 0) is 4.74 Å². The molecule has 31 heavy (non-hydrogen) atoms. The molecule has 0 spiro atoms. The van der Waals surface area contributed by atoms with Gasteiger partial charge in [0.25, 0.3) is 5.88 Å². The van der Waals surface area contributed by atoms with E-state index in [1.165, 1.54) is 4.68 Å². The normalized spacial score (nSPS) is 19.3. The van der Waals surface area contributed by atoms with Crippen LogP contribution in [-0.4, -0.2) is 43.6 Å². The molecule has 4 rings (SSSR count). The van der Waals surface area contributed by atoms with Gasteiger partial charge in [-0.2, -0.15) is 15.5 Å². The fraction of sp³-hybridized carbons (Fsp3) is 0.476. The van der Waals surface area contributed by atoms with Gasteiger partial charge >= 0.3 is 0 Å². The third-order valence-electron chi connectivity index (χ3n) is 5.22. The summed E-state index contributed by atoms with van der Waals surface area (Å²) in [6.07, 6.45) is 3.29. The molecule has 1 saturated heterocycles. The highest BCUT2D eigenvalue weighted by molar-refractivity contribution is 5.79. The number of hydrogen-bond acceptors (Lipinski definition) is 8. The number of aromatic nitrogens is 5. The van der Waals surface area contributed by atoms with E-state index in [1.54, 1.807) is 25.4 Å². The highest BCUT2D eigenvalue weighted by Crippen LogP contribution is 2.32. The van der Waals surface area contributed by atoms with Gasteiger partial charge in [-0.15, -0.1) is 5.10 Å². The molecule has 2 unspecified atom stereocenters. The summed E-state index contributed by atoms with van der Waals surface area (Å²) < 4.78 is 14.9. The Balaban J connectivity index is 1.74. The molecule has 0 radical (unpaired) electrons. The van der Waals surface area contributed by atoms with Crippen LogP contribution in [0, 0.1) is 28.6 Å². The predicted molar refractivity (Wildman–Crippen MR) is 113 cm³/mol. The van der Waals surface area contributed by atoms with Crippen LogP contribution in [0.2, 0.25) is 0 Å². The number of fused-ring (bicyclic) bond motifs is 1. The molecule has 3 aromatic heterocycles. The molecule has 10 heteroatoms. The zero-order valence-corrected chi connectivity index (χ0v) is 17.9. The van der Waals surface area contributed by atoms with E-state index in [0.717, 1.165) is 5.39 Å². The summed E-state index contributed by atoms with van der Waals surface area (Å²) in [5.74, 6) is 0.984. The molecule has 0 aliphatic carbocycles. The molecule has 3 atom stereocenters. The summed E-state index contributed by atoms with van der Waals surface area (Å²) in [6.45, 7) is 8.85. The summed E-state index contributed by atoms with van der Waals surface area (Å²) in [4.78, 5) is 9.09. The molecular formula is C21H24N8O2. The van der Waals surface area contributed by atoms with Crippen LogP contribution < -0.4 is 10.1 Å². The smallest absolute Gasteiger partial charge is 0.257 e. The minimum Gasteiger partial charge on any atom is -0.472 e. The average molecular weight is 420 g/mol. The van der Waals surface area contributed by atoms with E-state index < -0.39 is 6.04 Å². The van der Waals surface area contributed by atoms with Gasteiger partial charge in [-0.1, -0.05) is 6.92 Å². The Morgan fingerprint density at radius 2 is 2.10 bits per heavy atom. The van der Waals surface area contributed by atoms with Crippen LogP contribution in [0.1, 0.15) is 45.5 Å². The second-order valence-corrected chi connectivity index (χ2v) is 7.99. The van der Waals surface area contributed by atoms with Gasteiger partial charge in [0, 0.05) is 17.5 Å². The molecular weight excluding hydrogens is 396 g/mol. The van der Waals surface area contributed by atoms with Gasteiger partial charge in [0.15, 0.2) is 0 Å². The number of anilines is 2. The SMILES string of the molecule is CC(C)Oc1nn([C@@H](C)C#N)cc1Nc1ncc2cc(C#N)n(C3COCC3C)c2n1. The topological polar surface area (TPSA) is 127 Å². The van der Waals surface area contributed by atoms with Crippen LogP contribution >= 0.6 is 0 Å². The van der Waals surface area contributed by atoms with Crippen molar-refractivity contribution in [2.75, 3.05) is 18.5 Å². The summed E-state index contributed by atoms with van der Waals surface area (Å²) in [7, 11) is 0. The lowest BCUT2D eigenvalue weighted by Gasteiger charge is -2.17. The highest BCUT2D eigenvalue weighted by Gasteiger charge is 2.29. The second-order valence-electron chi connectivity index (χ2n) is 7.99. The molecule has 4 heterocycles. The van der Waals surface area contributed by atoms with E-state index in [2.05, 4.69) is 39.4 Å². The quantitative estimate of drug-likeness (QED) is 0.643. The fourth-order valence-corrected chi connectivity index (χ4v) is 3.62. The number of nitriles is 2.